The first kappa shape index (κ1) is 8.38. The van der Waals surface area contributed by atoms with Crippen LogP contribution in [0, 0.1) is 6.92 Å². The molecule has 0 aromatic carbocycles. The zero-order chi connectivity index (χ0) is 6.27. The van der Waals surface area contributed by atoms with Gasteiger partial charge in [0.1, 0.15) is 4.83 Å². The third-order valence-electron chi connectivity index (χ3n) is 1.13. The predicted octanol–water partition coefficient (Wildman–Crippen LogP) is 2.66. The van der Waals surface area contributed by atoms with Gasteiger partial charge in [-0.2, -0.15) is 0 Å². The van der Waals surface area contributed by atoms with Gasteiger partial charge in [-0.25, -0.2) is 4.98 Å². The average molecular weight is 350 g/mol. The summed E-state index contributed by atoms with van der Waals surface area (Å²) in [6.45, 7) is 2.04. The van der Waals surface area contributed by atoms with E-state index in [4.69, 9.17) is 0 Å². The largest absolute Gasteiger partial charge is 0.231 e. The molecule has 2 aromatic heterocycles. The van der Waals surface area contributed by atoms with Crippen LogP contribution in [-0.4, -0.2) is 4.98 Å². The fraction of sp³-hybridized carbons (Fsp3) is 0.167. The molecule has 10 heavy (non-hydrogen) atoms. The molecule has 2 rings (SSSR count). The minimum atomic E-state index is 0. The topological polar surface area (TPSA) is 12.9 Å². The van der Waals surface area contributed by atoms with Crippen LogP contribution < -0.4 is 0 Å². The molecule has 0 N–H and O–H groups in total. The molecular formula is C6H5NPtS2. The summed E-state index contributed by atoms with van der Waals surface area (Å²) in [4.78, 5) is 5.49. The van der Waals surface area contributed by atoms with Gasteiger partial charge in [0.25, 0.3) is 0 Å². The van der Waals surface area contributed by atoms with E-state index >= 15 is 0 Å². The summed E-state index contributed by atoms with van der Waals surface area (Å²) in [5.41, 5.74) is 0. The molecule has 0 atom stereocenters. The van der Waals surface area contributed by atoms with Crippen LogP contribution in [0.2, 0.25) is 0 Å². The van der Waals surface area contributed by atoms with Crippen molar-refractivity contribution in [3.8, 4) is 0 Å². The van der Waals surface area contributed by atoms with Crippen molar-refractivity contribution < 1.29 is 21.1 Å². The maximum atomic E-state index is 4.31. The van der Waals surface area contributed by atoms with Crippen LogP contribution >= 0.6 is 22.7 Å². The summed E-state index contributed by atoms with van der Waals surface area (Å²) in [5, 5.41) is 3.24. The Morgan fingerprint density at radius 3 is 3.00 bits per heavy atom. The predicted molar refractivity (Wildman–Crippen MR) is 42.2 cm³/mol. The Hall–Kier alpha value is 0.278. The van der Waals surface area contributed by atoms with E-state index in [-0.39, 0.29) is 21.1 Å². The number of hydrogen-bond donors (Lipinski definition) is 0. The minimum absolute atomic E-state index is 0. The van der Waals surface area contributed by atoms with Gasteiger partial charge in [0, 0.05) is 21.1 Å². The molecule has 0 unspecified atom stereocenters. The number of fused-ring (bicyclic) bond motifs is 1. The molecule has 0 fully saturated rings. The third-order valence-corrected chi connectivity index (χ3v) is 3.00. The van der Waals surface area contributed by atoms with Crippen molar-refractivity contribution in [1.29, 1.82) is 0 Å². The van der Waals surface area contributed by atoms with E-state index < -0.39 is 0 Å². The fourth-order valence-electron chi connectivity index (χ4n) is 0.774. The Balaban J connectivity index is 0.000000500. The summed E-state index contributed by atoms with van der Waals surface area (Å²) in [5.74, 6) is 0. The van der Waals surface area contributed by atoms with Crippen LogP contribution in [0.5, 0.6) is 0 Å². The number of rotatable bonds is 0. The third kappa shape index (κ3) is 1.31. The van der Waals surface area contributed by atoms with Gasteiger partial charge in [-0.05, 0) is 18.4 Å². The zero-order valence-electron chi connectivity index (χ0n) is 5.23. The van der Waals surface area contributed by atoms with Gasteiger partial charge in [-0.15, -0.1) is 22.7 Å². The van der Waals surface area contributed by atoms with Gasteiger partial charge in [-0.3, -0.25) is 0 Å². The summed E-state index contributed by atoms with van der Waals surface area (Å²) in [6.07, 6.45) is 0. The van der Waals surface area contributed by atoms with E-state index in [1.54, 1.807) is 22.7 Å². The van der Waals surface area contributed by atoms with E-state index in [1.807, 2.05) is 6.92 Å². The standard InChI is InChI=1S/C6H5NS2.Pt/c1-4-7-6-5(9-4)2-3-8-6;/h2-3H,1H3;. The normalized spacial score (nSPS) is 9.70. The van der Waals surface area contributed by atoms with Crippen molar-refractivity contribution in [2.45, 2.75) is 6.92 Å². The van der Waals surface area contributed by atoms with Gasteiger partial charge in [0.2, 0.25) is 0 Å². The first-order valence-corrected chi connectivity index (χ1v) is 4.36. The second kappa shape index (κ2) is 3.12. The summed E-state index contributed by atoms with van der Waals surface area (Å²) >= 11 is 3.47. The Morgan fingerprint density at radius 1 is 1.50 bits per heavy atom. The molecule has 0 aliphatic heterocycles. The number of aryl methyl sites for hydroxylation is 1. The molecule has 0 bridgehead atoms. The van der Waals surface area contributed by atoms with E-state index in [9.17, 15) is 0 Å². The first-order valence-electron chi connectivity index (χ1n) is 2.67. The molecule has 2 heterocycles. The smallest absolute Gasteiger partial charge is 0.134 e. The first-order chi connectivity index (χ1) is 4.36. The molecule has 0 saturated heterocycles. The van der Waals surface area contributed by atoms with E-state index in [0.29, 0.717) is 0 Å². The molecule has 0 aliphatic carbocycles. The molecule has 0 amide bonds. The van der Waals surface area contributed by atoms with Gasteiger partial charge in [-0.1, -0.05) is 0 Å². The second-order valence-electron chi connectivity index (χ2n) is 1.82. The van der Waals surface area contributed by atoms with E-state index in [1.165, 1.54) is 9.53 Å². The Morgan fingerprint density at radius 2 is 2.30 bits per heavy atom. The van der Waals surface area contributed by atoms with Crippen LogP contribution in [0.3, 0.4) is 0 Å². The van der Waals surface area contributed by atoms with Gasteiger partial charge in [0.05, 0.1) is 9.71 Å². The van der Waals surface area contributed by atoms with Crippen LogP contribution in [0.4, 0.5) is 0 Å². The maximum Gasteiger partial charge on any atom is 0.134 e. The molecule has 4 heteroatoms. The molecule has 0 aliphatic rings. The Kier molecular flexibility index (Phi) is 2.61. The number of thiophene rings is 1. The molecule has 56 valence electrons. The fourth-order valence-corrected chi connectivity index (χ4v) is 2.62. The summed E-state index contributed by atoms with van der Waals surface area (Å²) in [6, 6.07) is 2.12. The molecule has 0 radical (unpaired) electrons. The van der Waals surface area contributed by atoms with E-state index in [2.05, 4.69) is 16.4 Å². The summed E-state index contributed by atoms with van der Waals surface area (Å²) < 4.78 is 1.32. The molecule has 1 nitrogen and oxygen atoms in total. The number of nitrogens with zero attached hydrogens (tertiary/aromatic N) is 1. The monoisotopic (exact) mass is 350 g/mol. The number of aromatic nitrogens is 1. The van der Waals surface area contributed by atoms with Crippen molar-refractivity contribution in [3.63, 3.8) is 0 Å². The zero-order valence-corrected chi connectivity index (χ0v) is 9.14. The molecule has 0 spiro atoms. The maximum absolute atomic E-state index is 4.31. The quantitative estimate of drug-likeness (QED) is 0.712. The van der Waals surface area contributed by atoms with Crippen LogP contribution in [0.15, 0.2) is 11.4 Å². The van der Waals surface area contributed by atoms with Gasteiger partial charge >= 0.3 is 0 Å². The van der Waals surface area contributed by atoms with Crippen molar-refractivity contribution in [3.05, 3.63) is 16.5 Å². The SMILES string of the molecule is Cc1nc2sccc2s1.[Pt]. The number of thiazole rings is 1. The molecular weight excluding hydrogens is 345 g/mol. The summed E-state index contributed by atoms with van der Waals surface area (Å²) in [7, 11) is 0. The van der Waals surface area contributed by atoms with Crippen molar-refractivity contribution in [2.75, 3.05) is 0 Å². The van der Waals surface area contributed by atoms with E-state index in [0.717, 1.165) is 5.01 Å². The molecule has 0 saturated carbocycles. The Bertz CT molecular complexity index is 296. The van der Waals surface area contributed by atoms with Crippen LogP contribution in [0.25, 0.3) is 9.53 Å². The Labute approximate surface area is 81.4 Å². The minimum Gasteiger partial charge on any atom is -0.231 e. The van der Waals surface area contributed by atoms with Crippen LogP contribution in [-0.2, 0) is 21.1 Å². The molecule has 2 aromatic rings. The van der Waals surface area contributed by atoms with Gasteiger partial charge in [0.15, 0.2) is 0 Å². The number of hydrogen-bond acceptors (Lipinski definition) is 3. The van der Waals surface area contributed by atoms with Crippen molar-refractivity contribution in [1.82, 2.24) is 4.98 Å². The second-order valence-corrected chi connectivity index (χ2v) is 3.95. The average Bonchev–Trinajstić information content (AvgIpc) is 2.22. The van der Waals surface area contributed by atoms with Crippen LogP contribution in [0.1, 0.15) is 5.01 Å². The van der Waals surface area contributed by atoms with Crippen molar-refractivity contribution >= 4 is 32.2 Å². The van der Waals surface area contributed by atoms with Crippen molar-refractivity contribution in [2.24, 2.45) is 0 Å². The van der Waals surface area contributed by atoms with Gasteiger partial charge < -0.3 is 0 Å².